The summed E-state index contributed by atoms with van der Waals surface area (Å²) in [6, 6.07) is 6.00. The zero-order valence-corrected chi connectivity index (χ0v) is 9.44. The molecule has 0 unspecified atom stereocenters. The molecule has 90 valence electrons. The molecule has 17 heavy (non-hydrogen) atoms. The second kappa shape index (κ2) is 5.95. The van der Waals surface area contributed by atoms with E-state index in [9.17, 15) is 19.7 Å². The maximum atomic E-state index is 11.3. The van der Waals surface area contributed by atoms with E-state index in [0.717, 1.165) is 0 Å². The van der Waals surface area contributed by atoms with Crippen molar-refractivity contribution >= 4 is 23.5 Å². The van der Waals surface area contributed by atoms with Gasteiger partial charge in [-0.1, -0.05) is 24.3 Å². The van der Waals surface area contributed by atoms with Crippen molar-refractivity contribution in [3.63, 3.8) is 0 Å². The Morgan fingerprint density at radius 3 is 2.35 bits per heavy atom. The number of nitrogens with zero attached hydrogens (tertiary/aromatic N) is 1. The Kier molecular flexibility index (Phi) is 4.59. The Balaban J connectivity index is 2.70. The van der Waals surface area contributed by atoms with Crippen LogP contribution in [0, 0.1) is 10.1 Å². The number of carbonyl (C=O) groups is 2. The predicted molar refractivity (Wildman–Crippen MR) is 60.3 cm³/mol. The standard InChI is InChI=1S/C10H9ClN2O4/c11-12-10(15)5-7-1-3-8(4-2-7)9(14)6-13(16)17/h1-4H,5-6H2,(H,12,15). The minimum absolute atomic E-state index is 0.0905. The van der Waals surface area contributed by atoms with Gasteiger partial charge in [0.15, 0.2) is 0 Å². The van der Waals surface area contributed by atoms with Gasteiger partial charge >= 0.3 is 0 Å². The average molecular weight is 257 g/mol. The van der Waals surface area contributed by atoms with E-state index < -0.39 is 17.3 Å². The average Bonchev–Trinajstić information content (AvgIpc) is 2.28. The van der Waals surface area contributed by atoms with Crippen molar-refractivity contribution in [3.05, 3.63) is 45.5 Å². The molecular formula is C10H9ClN2O4. The first-order valence-electron chi connectivity index (χ1n) is 4.66. The second-order valence-corrected chi connectivity index (χ2v) is 3.49. The Morgan fingerprint density at radius 2 is 1.88 bits per heavy atom. The van der Waals surface area contributed by atoms with Crippen molar-refractivity contribution in [2.75, 3.05) is 6.54 Å². The number of nitrogens with one attached hydrogen (secondary N) is 1. The molecule has 0 aliphatic heterocycles. The summed E-state index contributed by atoms with van der Waals surface area (Å²) in [5, 5.41) is 10.2. The van der Waals surface area contributed by atoms with E-state index in [1.165, 1.54) is 12.1 Å². The van der Waals surface area contributed by atoms with Crippen molar-refractivity contribution in [2.24, 2.45) is 0 Å². The van der Waals surface area contributed by atoms with E-state index in [1.54, 1.807) is 12.1 Å². The third-order valence-electron chi connectivity index (χ3n) is 2.02. The Labute approximate surface area is 102 Å². The minimum atomic E-state index is -0.735. The van der Waals surface area contributed by atoms with E-state index in [2.05, 4.69) is 0 Å². The fourth-order valence-electron chi connectivity index (χ4n) is 1.24. The molecule has 0 fully saturated rings. The van der Waals surface area contributed by atoms with Crippen LogP contribution in [0.4, 0.5) is 0 Å². The number of nitro groups is 1. The number of ketones is 1. The summed E-state index contributed by atoms with van der Waals surface area (Å²) in [7, 11) is 0. The van der Waals surface area contributed by atoms with Gasteiger partial charge < -0.3 is 0 Å². The molecule has 0 aliphatic carbocycles. The first kappa shape index (κ1) is 13.1. The molecule has 6 nitrogen and oxygen atoms in total. The predicted octanol–water partition coefficient (Wildman–Crippen LogP) is 0.958. The zero-order chi connectivity index (χ0) is 12.8. The van der Waals surface area contributed by atoms with Crippen LogP contribution in [0.1, 0.15) is 15.9 Å². The lowest BCUT2D eigenvalue weighted by atomic mass is 10.1. The molecular weight excluding hydrogens is 248 g/mol. The number of hydrogen-bond acceptors (Lipinski definition) is 4. The van der Waals surface area contributed by atoms with E-state index in [4.69, 9.17) is 11.8 Å². The van der Waals surface area contributed by atoms with Crippen LogP contribution in [0.15, 0.2) is 24.3 Å². The highest BCUT2D eigenvalue weighted by Gasteiger charge is 2.12. The van der Waals surface area contributed by atoms with Gasteiger partial charge in [-0.15, -0.1) is 0 Å². The number of hydrogen-bond donors (Lipinski definition) is 1. The number of benzene rings is 1. The number of rotatable bonds is 5. The minimum Gasteiger partial charge on any atom is -0.287 e. The molecule has 1 N–H and O–H groups in total. The number of carbonyl (C=O) groups excluding carboxylic acids is 2. The highest BCUT2D eigenvalue weighted by molar-refractivity contribution is 6.21. The molecule has 0 heterocycles. The largest absolute Gasteiger partial charge is 0.287 e. The number of halogens is 1. The van der Waals surface area contributed by atoms with Crippen molar-refractivity contribution in [3.8, 4) is 0 Å². The Morgan fingerprint density at radius 1 is 1.29 bits per heavy atom. The summed E-state index contributed by atoms with van der Waals surface area (Å²) in [4.78, 5) is 33.7. The normalized spacial score (nSPS) is 9.71. The van der Waals surface area contributed by atoms with Crippen molar-refractivity contribution in [1.29, 1.82) is 0 Å². The Bertz CT molecular complexity index is 444. The summed E-state index contributed by atoms with van der Waals surface area (Å²) < 4.78 is 0. The fraction of sp³-hybridized carbons (Fsp3) is 0.200. The van der Waals surface area contributed by atoms with E-state index in [1.807, 2.05) is 4.84 Å². The summed E-state index contributed by atoms with van der Waals surface area (Å²) in [5.41, 5.74) is 0.914. The van der Waals surface area contributed by atoms with Crippen molar-refractivity contribution in [1.82, 2.24) is 4.84 Å². The van der Waals surface area contributed by atoms with E-state index in [-0.39, 0.29) is 17.9 Å². The molecule has 1 aromatic rings. The second-order valence-electron chi connectivity index (χ2n) is 3.31. The third-order valence-corrected chi connectivity index (χ3v) is 2.23. The number of Topliss-reactive ketones (excluding diaryl/α,β-unsaturated/α-hetero) is 1. The SMILES string of the molecule is O=C(Cc1ccc(C(=O)C[N+](=O)[O-])cc1)NCl. The van der Waals surface area contributed by atoms with Gasteiger partial charge in [-0.05, 0) is 5.56 Å². The monoisotopic (exact) mass is 256 g/mol. The molecule has 0 spiro atoms. The van der Waals surface area contributed by atoms with E-state index in [0.29, 0.717) is 5.56 Å². The zero-order valence-electron chi connectivity index (χ0n) is 8.68. The molecule has 0 aliphatic rings. The lowest BCUT2D eigenvalue weighted by Gasteiger charge is -2.01. The van der Waals surface area contributed by atoms with Gasteiger partial charge in [0, 0.05) is 22.3 Å². The highest BCUT2D eigenvalue weighted by atomic mass is 35.5. The van der Waals surface area contributed by atoms with Crippen LogP contribution in [-0.2, 0) is 11.2 Å². The number of amides is 1. The Hall–Kier alpha value is -1.95. The van der Waals surface area contributed by atoms with Crippen molar-refractivity contribution in [2.45, 2.75) is 6.42 Å². The molecule has 0 bridgehead atoms. The van der Waals surface area contributed by atoms with Crippen LogP contribution in [0.3, 0.4) is 0 Å². The lowest BCUT2D eigenvalue weighted by Crippen LogP contribution is -2.15. The van der Waals surface area contributed by atoms with Gasteiger partial charge in [-0.3, -0.25) is 24.5 Å². The molecule has 1 amide bonds. The smallest absolute Gasteiger partial charge is 0.265 e. The lowest BCUT2D eigenvalue weighted by molar-refractivity contribution is -0.465. The van der Waals surface area contributed by atoms with Crippen LogP contribution >= 0.6 is 11.8 Å². The summed E-state index contributed by atoms with van der Waals surface area (Å²) >= 11 is 5.11. The first-order chi connectivity index (χ1) is 8.02. The van der Waals surface area contributed by atoms with Crippen molar-refractivity contribution < 1.29 is 14.5 Å². The molecule has 0 saturated heterocycles. The molecule has 1 rings (SSSR count). The van der Waals surface area contributed by atoms with Gasteiger partial charge in [-0.25, -0.2) is 0 Å². The van der Waals surface area contributed by atoms with Gasteiger partial charge in [0.1, 0.15) is 0 Å². The molecule has 0 saturated carbocycles. The maximum absolute atomic E-state index is 11.3. The van der Waals surface area contributed by atoms with Crippen LogP contribution in [0.2, 0.25) is 0 Å². The summed E-state index contributed by atoms with van der Waals surface area (Å²) in [6.45, 7) is -0.735. The van der Waals surface area contributed by atoms with Crippen LogP contribution < -0.4 is 4.84 Å². The molecule has 0 atom stereocenters. The van der Waals surface area contributed by atoms with Gasteiger partial charge in [0.05, 0.1) is 6.42 Å². The molecule has 7 heteroatoms. The third kappa shape index (κ3) is 4.20. The van der Waals surface area contributed by atoms with Crippen LogP contribution in [0.25, 0.3) is 0 Å². The topological polar surface area (TPSA) is 89.3 Å². The van der Waals surface area contributed by atoms with E-state index >= 15 is 0 Å². The van der Waals surface area contributed by atoms with Gasteiger partial charge in [-0.2, -0.15) is 0 Å². The quantitative estimate of drug-likeness (QED) is 0.368. The fourth-order valence-corrected chi connectivity index (χ4v) is 1.30. The summed E-state index contributed by atoms with van der Waals surface area (Å²) in [5.74, 6) is -0.931. The molecule has 1 aromatic carbocycles. The first-order valence-corrected chi connectivity index (χ1v) is 5.04. The summed E-state index contributed by atoms with van der Waals surface area (Å²) in [6.07, 6.45) is 0.0905. The van der Waals surface area contributed by atoms with Gasteiger partial charge in [0.25, 0.3) is 6.54 Å². The molecule has 0 aromatic heterocycles. The maximum Gasteiger partial charge on any atom is 0.265 e. The van der Waals surface area contributed by atoms with Crippen LogP contribution in [-0.4, -0.2) is 23.2 Å². The molecule has 0 radical (unpaired) electrons. The van der Waals surface area contributed by atoms with Gasteiger partial charge in [0.2, 0.25) is 11.7 Å². The van der Waals surface area contributed by atoms with Crippen LogP contribution in [0.5, 0.6) is 0 Å². The highest BCUT2D eigenvalue weighted by Crippen LogP contribution is 2.06.